The van der Waals surface area contributed by atoms with Gasteiger partial charge in [-0.05, 0) is 50.1 Å². The Balaban J connectivity index is 2.73. The number of rotatable bonds is 5. The minimum absolute atomic E-state index is 0.138. The van der Waals surface area contributed by atoms with Crippen LogP contribution in [0.4, 0.5) is 5.69 Å². The van der Waals surface area contributed by atoms with Crippen molar-refractivity contribution in [1.29, 1.82) is 0 Å². The van der Waals surface area contributed by atoms with Crippen molar-refractivity contribution in [3.8, 4) is 0 Å². The van der Waals surface area contributed by atoms with E-state index in [1.807, 2.05) is 19.9 Å². The van der Waals surface area contributed by atoms with Gasteiger partial charge in [0.15, 0.2) is 0 Å². The zero-order chi connectivity index (χ0) is 15.1. The second kappa shape index (κ2) is 7.40. The fourth-order valence-corrected chi connectivity index (χ4v) is 1.83. The van der Waals surface area contributed by atoms with Gasteiger partial charge in [-0.15, -0.1) is 0 Å². The molecular weight excluding hydrogens is 258 g/mol. The van der Waals surface area contributed by atoms with Gasteiger partial charge >= 0.3 is 11.8 Å². The van der Waals surface area contributed by atoms with Crippen LogP contribution in [-0.2, 0) is 14.4 Å². The number of aryl methyl sites for hydroxylation is 2. The number of imide groups is 1. The molecule has 0 spiro atoms. The summed E-state index contributed by atoms with van der Waals surface area (Å²) in [7, 11) is 0. The highest BCUT2D eigenvalue weighted by molar-refractivity contribution is 6.41. The molecule has 0 fully saturated rings. The van der Waals surface area contributed by atoms with E-state index in [9.17, 15) is 14.4 Å². The lowest BCUT2D eigenvalue weighted by atomic mass is 10.1. The maximum atomic E-state index is 11.8. The van der Waals surface area contributed by atoms with Crippen molar-refractivity contribution in [1.82, 2.24) is 4.90 Å². The number of nitrogens with one attached hydrogen (secondary N) is 1. The number of amides is 3. The van der Waals surface area contributed by atoms with Crippen molar-refractivity contribution in [2.75, 3.05) is 18.4 Å². The number of hydrogen-bond donors (Lipinski definition) is 2. The number of carbonyl (C=O) groups excluding carboxylic acids is 3. The van der Waals surface area contributed by atoms with Gasteiger partial charge in [0.05, 0.1) is 0 Å². The molecule has 0 atom stereocenters. The normalized spacial score (nSPS) is 9.95. The van der Waals surface area contributed by atoms with E-state index in [4.69, 9.17) is 5.73 Å². The Labute approximate surface area is 117 Å². The Bertz CT molecular complexity index is 494. The Kier molecular flexibility index (Phi) is 5.86. The molecule has 0 unspecified atom stereocenters. The minimum Gasteiger partial charge on any atom is -0.330 e. The molecule has 0 aromatic heterocycles. The molecule has 0 aliphatic heterocycles. The number of benzene rings is 1. The van der Waals surface area contributed by atoms with Gasteiger partial charge in [0.2, 0.25) is 6.41 Å². The van der Waals surface area contributed by atoms with Crippen LogP contribution in [0.15, 0.2) is 18.2 Å². The van der Waals surface area contributed by atoms with Crippen LogP contribution in [0.5, 0.6) is 0 Å². The van der Waals surface area contributed by atoms with E-state index in [-0.39, 0.29) is 6.54 Å². The molecular formula is C14H19N3O3. The van der Waals surface area contributed by atoms with Crippen LogP contribution in [-0.4, -0.2) is 36.2 Å². The lowest BCUT2D eigenvalue weighted by Crippen LogP contribution is -2.39. The predicted octanol–water partition coefficient (Wildman–Crippen LogP) is 0.576. The zero-order valence-corrected chi connectivity index (χ0v) is 11.7. The van der Waals surface area contributed by atoms with E-state index in [1.54, 1.807) is 12.1 Å². The highest BCUT2D eigenvalue weighted by Crippen LogP contribution is 2.13. The third kappa shape index (κ3) is 4.47. The minimum atomic E-state index is -0.882. The summed E-state index contributed by atoms with van der Waals surface area (Å²) < 4.78 is 0. The molecule has 1 aromatic rings. The van der Waals surface area contributed by atoms with Crippen molar-refractivity contribution in [2.24, 2.45) is 5.73 Å². The fourth-order valence-electron chi connectivity index (χ4n) is 1.83. The first-order valence-corrected chi connectivity index (χ1v) is 6.33. The first-order chi connectivity index (χ1) is 9.47. The summed E-state index contributed by atoms with van der Waals surface area (Å²) >= 11 is 0. The van der Waals surface area contributed by atoms with Gasteiger partial charge in [-0.3, -0.25) is 19.3 Å². The molecule has 0 saturated heterocycles. The van der Waals surface area contributed by atoms with E-state index >= 15 is 0 Å². The SMILES string of the molecule is Cc1cc(C)cc(NC(=O)C(=O)N(C=O)CCCN)c1. The second-order valence-electron chi connectivity index (χ2n) is 4.58. The lowest BCUT2D eigenvalue weighted by molar-refractivity contribution is -0.146. The maximum absolute atomic E-state index is 11.8. The van der Waals surface area contributed by atoms with Gasteiger partial charge in [-0.1, -0.05) is 6.07 Å². The van der Waals surface area contributed by atoms with Gasteiger partial charge < -0.3 is 11.1 Å². The maximum Gasteiger partial charge on any atom is 0.318 e. The van der Waals surface area contributed by atoms with Crippen molar-refractivity contribution in [2.45, 2.75) is 20.3 Å². The van der Waals surface area contributed by atoms with Crippen molar-refractivity contribution >= 4 is 23.9 Å². The number of nitrogens with two attached hydrogens (primary N) is 1. The Morgan fingerprint density at radius 2 is 1.85 bits per heavy atom. The summed E-state index contributed by atoms with van der Waals surface area (Å²) in [6.07, 6.45) is 0.806. The van der Waals surface area contributed by atoms with Crippen molar-refractivity contribution < 1.29 is 14.4 Å². The smallest absolute Gasteiger partial charge is 0.318 e. The molecule has 20 heavy (non-hydrogen) atoms. The molecule has 6 nitrogen and oxygen atoms in total. The topological polar surface area (TPSA) is 92.5 Å². The Hall–Kier alpha value is -2.21. The first-order valence-electron chi connectivity index (χ1n) is 6.33. The van der Waals surface area contributed by atoms with Crippen LogP contribution >= 0.6 is 0 Å². The van der Waals surface area contributed by atoms with Crippen LogP contribution in [0.2, 0.25) is 0 Å². The summed E-state index contributed by atoms with van der Waals surface area (Å²) in [5.74, 6) is -1.72. The molecule has 0 aliphatic rings. The second-order valence-corrected chi connectivity index (χ2v) is 4.58. The molecule has 0 bridgehead atoms. The standard InChI is InChI=1S/C14H19N3O3/c1-10-6-11(2)8-12(7-10)16-13(19)14(20)17(9-18)5-3-4-15/h6-9H,3-5,15H2,1-2H3,(H,16,19). The van der Waals surface area contributed by atoms with Crippen LogP contribution < -0.4 is 11.1 Å². The number of hydrogen-bond acceptors (Lipinski definition) is 4. The van der Waals surface area contributed by atoms with Gasteiger partial charge in [0.1, 0.15) is 0 Å². The average Bonchev–Trinajstić information content (AvgIpc) is 2.38. The van der Waals surface area contributed by atoms with Crippen molar-refractivity contribution in [3.63, 3.8) is 0 Å². The molecule has 0 heterocycles. The number of anilines is 1. The summed E-state index contributed by atoms with van der Waals surface area (Å²) in [4.78, 5) is 35.2. The largest absolute Gasteiger partial charge is 0.330 e. The van der Waals surface area contributed by atoms with E-state index < -0.39 is 11.8 Å². The summed E-state index contributed by atoms with van der Waals surface area (Å²) in [5.41, 5.74) is 7.79. The molecule has 0 saturated carbocycles. The highest BCUT2D eigenvalue weighted by atomic mass is 16.2. The van der Waals surface area contributed by atoms with Crippen LogP contribution in [0.3, 0.4) is 0 Å². The number of nitrogens with zero attached hydrogens (tertiary/aromatic N) is 1. The predicted molar refractivity (Wildman–Crippen MR) is 76.0 cm³/mol. The van der Waals surface area contributed by atoms with Crippen molar-refractivity contribution in [3.05, 3.63) is 29.3 Å². The van der Waals surface area contributed by atoms with Crippen LogP contribution in [0, 0.1) is 13.8 Å². The van der Waals surface area contributed by atoms with Gasteiger partial charge in [0, 0.05) is 12.2 Å². The summed E-state index contributed by atoms with van der Waals surface area (Å²) in [6, 6.07) is 5.46. The van der Waals surface area contributed by atoms with E-state index in [1.165, 1.54) is 0 Å². The molecule has 1 rings (SSSR count). The lowest BCUT2D eigenvalue weighted by Gasteiger charge is -2.14. The van der Waals surface area contributed by atoms with E-state index in [0.29, 0.717) is 25.1 Å². The van der Waals surface area contributed by atoms with E-state index in [0.717, 1.165) is 16.0 Å². The third-order valence-corrected chi connectivity index (χ3v) is 2.67. The Morgan fingerprint density at radius 3 is 2.35 bits per heavy atom. The molecule has 0 radical (unpaired) electrons. The average molecular weight is 277 g/mol. The number of carbonyl (C=O) groups is 3. The molecule has 1 aromatic carbocycles. The van der Waals surface area contributed by atoms with Gasteiger partial charge in [-0.25, -0.2) is 0 Å². The quantitative estimate of drug-likeness (QED) is 0.608. The first kappa shape index (κ1) is 15.8. The molecule has 3 N–H and O–H groups in total. The summed E-state index contributed by atoms with van der Waals surface area (Å²) in [6.45, 7) is 4.27. The highest BCUT2D eigenvalue weighted by Gasteiger charge is 2.21. The van der Waals surface area contributed by atoms with E-state index in [2.05, 4.69) is 5.32 Å². The Morgan fingerprint density at radius 1 is 1.25 bits per heavy atom. The summed E-state index contributed by atoms with van der Waals surface area (Å²) in [5, 5.41) is 2.49. The fraction of sp³-hybridized carbons (Fsp3) is 0.357. The van der Waals surface area contributed by atoms with Crippen LogP contribution in [0.25, 0.3) is 0 Å². The van der Waals surface area contributed by atoms with Gasteiger partial charge in [0.25, 0.3) is 0 Å². The third-order valence-electron chi connectivity index (χ3n) is 2.67. The molecule has 0 aliphatic carbocycles. The van der Waals surface area contributed by atoms with Gasteiger partial charge in [-0.2, -0.15) is 0 Å². The molecule has 108 valence electrons. The monoisotopic (exact) mass is 277 g/mol. The molecule has 6 heteroatoms. The zero-order valence-electron chi connectivity index (χ0n) is 11.7. The molecule has 3 amide bonds. The van der Waals surface area contributed by atoms with Crippen LogP contribution in [0.1, 0.15) is 17.5 Å².